The van der Waals surface area contributed by atoms with Crippen LogP contribution < -0.4 is 10.6 Å². The lowest BCUT2D eigenvalue weighted by Crippen LogP contribution is -2.43. The smallest absolute Gasteiger partial charge is 0.191 e. The van der Waals surface area contributed by atoms with Gasteiger partial charge in [0, 0.05) is 38.5 Å². The number of hydrogen-bond acceptors (Lipinski definition) is 4. The highest BCUT2D eigenvalue weighted by Crippen LogP contribution is 2.20. The SMILES string of the molecule is CCNC(=NCCCCN1CC(C)CC(C)C1)NC(C)CCS(C)(=O)=O.I. The Morgan fingerprint density at radius 2 is 1.85 bits per heavy atom. The number of nitrogens with one attached hydrogen (secondary N) is 2. The maximum absolute atomic E-state index is 11.3. The first kappa shape index (κ1) is 26.9. The van der Waals surface area contributed by atoms with E-state index >= 15 is 0 Å². The van der Waals surface area contributed by atoms with Gasteiger partial charge in [-0.2, -0.15) is 0 Å². The number of halogens is 1. The van der Waals surface area contributed by atoms with E-state index in [1.807, 2.05) is 13.8 Å². The Morgan fingerprint density at radius 1 is 1.22 bits per heavy atom. The van der Waals surface area contributed by atoms with Crippen LogP contribution >= 0.6 is 24.0 Å². The number of likely N-dealkylation sites (tertiary alicyclic amines) is 1. The summed E-state index contributed by atoms with van der Waals surface area (Å²) in [4.78, 5) is 7.23. The zero-order valence-electron chi connectivity index (χ0n) is 17.8. The van der Waals surface area contributed by atoms with E-state index in [-0.39, 0.29) is 35.8 Å². The van der Waals surface area contributed by atoms with Gasteiger partial charge in [0.25, 0.3) is 0 Å². The Bertz CT molecular complexity index is 518. The molecule has 0 amide bonds. The van der Waals surface area contributed by atoms with Crippen LogP contribution in [0, 0.1) is 11.8 Å². The highest BCUT2D eigenvalue weighted by atomic mass is 127. The van der Waals surface area contributed by atoms with Crippen LogP contribution in [0.3, 0.4) is 0 Å². The summed E-state index contributed by atoms with van der Waals surface area (Å²) in [7, 11) is -2.92. The third-order valence-corrected chi connectivity index (χ3v) is 5.72. The number of nitrogens with zero attached hydrogens (tertiary/aromatic N) is 2. The Hall–Kier alpha value is -0.0900. The minimum atomic E-state index is -2.92. The number of hydrogen-bond donors (Lipinski definition) is 2. The predicted molar refractivity (Wildman–Crippen MR) is 127 cm³/mol. The van der Waals surface area contributed by atoms with Crippen molar-refractivity contribution in [3.63, 3.8) is 0 Å². The summed E-state index contributed by atoms with van der Waals surface area (Å²) < 4.78 is 22.6. The average Bonchev–Trinajstić information content (AvgIpc) is 2.51. The van der Waals surface area contributed by atoms with Crippen LogP contribution in [-0.2, 0) is 9.84 Å². The highest BCUT2D eigenvalue weighted by molar-refractivity contribution is 14.0. The summed E-state index contributed by atoms with van der Waals surface area (Å²) in [5.74, 6) is 2.62. The lowest BCUT2D eigenvalue weighted by Gasteiger charge is -2.34. The highest BCUT2D eigenvalue weighted by Gasteiger charge is 2.20. The molecular formula is C19H41IN4O2S. The maximum atomic E-state index is 11.3. The van der Waals surface area contributed by atoms with Gasteiger partial charge in [-0.05, 0) is 57.9 Å². The van der Waals surface area contributed by atoms with Gasteiger partial charge in [0.1, 0.15) is 9.84 Å². The maximum Gasteiger partial charge on any atom is 0.191 e. The molecule has 0 aromatic carbocycles. The van der Waals surface area contributed by atoms with Crippen LogP contribution in [0.5, 0.6) is 0 Å². The molecule has 0 aromatic heterocycles. The number of sulfone groups is 1. The fourth-order valence-corrected chi connectivity index (χ4v) is 4.41. The van der Waals surface area contributed by atoms with Gasteiger partial charge in [-0.3, -0.25) is 4.99 Å². The molecule has 1 aliphatic rings. The summed E-state index contributed by atoms with van der Waals surface area (Å²) in [6, 6.07) is 0.0823. The lowest BCUT2D eigenvalue weighted by molar-refractivity contribution is 0.139. The molecule has 8 heteroatoms. The monoisotopic (exact) mass is 516 g/mol. The molecule has 1 saturated heterocycles. The second-order valence-electron chi connectivity index (χ2n) is 8.14. The van der Waals surface area contributed by atoms with E-state index in [0.29, 0.717) is 6.42 Å². The van der Waals surface area contributed by atoms with E-state index in [4.69, 9.17) is 0 Å². The first-order valence-electron chi connectivity index (χ1n) is 10.1. The molecule has 0 aliphatic carbocycles. The second kappa shape index (κ2) is 14.0. The lowest BCUT2D eigenvalue weighted by atomic mass is 9.92. The molecule has 0 saturated carbocycles. The summed E-state index contributed by atoms with van der Waals surface area (Å²) in [5.41, 5.74) is 0. The molecule has 1 rings (SSSR count). The zero-order chi connectivity index (χ0) is 19.6. The number of rotatable bonds is 10. The van der Waals surface area contributed by atoms with Crippen LogP contribution in [0.4, 0.5) is 0 Å². The van der Waals surface area contributed by atoms with Crippen molar-refractivity contribution in [2.45, 2.75) is 59.4 Å². The summed E-state index contributed by atoms with van der Waals surface area (Å²) in [6.45, 7) is 14.0. The van der Waals surface area contributed by atoms with E-state index < -0.39 is 9.84 Å². The second-order valence-corrected chi connectivity index (χ2v) is 10.4. The van der Waals surface area contributed by atoms with Crippen LogP contribution in [-0.4, -0.2) is 70.1 Å². The first-order valence-corrected chi connectivity index (χ1v) is 12.2. The minimum Gasteiger partial charge on any atom is -0.357 e. The molecule has 3 atom stereocenters. The third kappa shape index (κ3) is 13.7. The van der Waals surface area contributed by atoms with Crippen LogP contribution in [0.2, 0.25) is 0 Å². The summed E-state index contributed by atoms with van der Waals surface area (Å²) in [6.07, 6.45) is 5.48. The van der Waals surface area contributed by atoms with Gasteiger partial charge in [0.15, 0.2) is 5.96 Å². The quantitative estimate of drug-likeness (QED) is 0.202. The number of aliphatic imine (C=N–C) groups is 1. The molecule has 1 aliphatic heterocycles. The molecule has 0 bridgehead atoms. The van der Waals surface area contributed by atoms with Crippen molar-refractivity contribution in [1.29, 1.82) is 0 Å². The van der Waals surface area contributed by atoms with Crippen molar-refractivity contribution in [2.24, 2.45) is 16.8 Å². The van der Waals surface area contributed by atoms with E-state index in [0.717, 1.165) is 37.3 Å². The molecule has 27 heavy (non-hydrogen) atoms. The molecule has 3 unspecified atom stereocenters. The molecule has 2 N–H and O–H groups in total. The van der Waals surface area contributed by atoms with Crippen LogP contribution in [0.25, 0.3) is 0 Å². The van der Waals surface area contributed by atoms with Crippen molar-refractivity contribution in [3.05, 3.63) is 0 Å². The summed E-state index contributed by atoms with van der Waals surface area (Å²) in [5, 5.41) is 6.55. The Labute approximate surface area is 184 Å². The van der Waals surface area contributed by atoms with Crippen molar-refractivity contribution in [1.82, 2.24) is 15.5 Å². The Balaban J connectivity index is 0.00000676. The molecule has 0 aromatic rings. The number of unbranched alkanes of at least 4 members (excludes halogenated alkanes) is 1. The van der Waals surface area contributed by atoms with E-state index in [1.54, 1.807) is 0 Å². The Kier molecular flexibility index (Phi) is 13.9. The molecule has 1 fully saturated rings. The summed E-state index contributed by atoms with van der Waals surface area (Å²) >= 11 is 0. The van der Waals surface area contributed by atoms with E-state index in [2.05, 4.69) is 34.4 Å². The first-order chi connectivity index (χ1) is 12.2. The minimum absolute atomic E-state index is 0. The van der Waals surface area contributed by atoms with Crippen LogP contribution in [0.15, 0.2) is 4.99 Å². The van der Waals surface area contributed by atoms with E-state index in [1.165, 1.54) is 38.7 Å². The number of guanidine groups is 1. The number of piperidine rings is 1. The molecule has 0 spiro atoms. The zero-order valence-corrected chi connectivity index (χ0v) is 21.0. The van der Waals surface area contributed by atoms with Gasteiger partial charge in [-0.1, -0.05) is 13.8 Å². The standard InChI is InChI=1S/C19H40N4O2S.HI/c1-6-20-19(22-18(4)9-12-26(5,24)25)21-10-7-8-11-23-14-16(2)13-17(3)15-23;/h16-18H,6-15H2,1-5H3,(H2,20,21,22);1H. The molecule has 6 nitrogen and oxygen atoms in total. The van der Waals surface area contributed by atoms with Gasteiger partial charge in [0.2, 0.25) is 0 Å². The van der Waals surface area contributed by atoms with Crippen molar-refractivity contribution < 1.29 is 8.42 Å². The average molecular weight is 517 g/mol. The fourth-order valence-electron chi connectivity index (χ4n) is 3.63. The normalized spacial score (nSPS) is 22.8. The van der Waals surface area contributed by atoms with Gasteiger partial charge in [-0.25, -0.2) is 8.42 Å². The van der Waals surface area contributed by atoms with Gasteiger partial charge in [0.05, 0.1) is 5.75 Å². The van der Waals surface area contributed by atoms with Crippen molar-refractivity contribution >= 4 is 39.8 Å². The third-order valence-electron chi connectivity index (χ3n) is 4.75. The van der Waals surface area contributed by atoms with Crippen LogP contribution in [0.1, 0.15) is 53.4 Å². The van der Waals surface area contributed by atoms with Gasteiger partial charge < -0.3 is 15.5 Å². The van der Waals surface area contributed by atoms with Crippen molar-refractivity contribution in [3.8, 4) is 0 Å². The van der Waals surface area contributed by atoms with Gasteiger partial charge >= 0.3 is 0 Å². The predicted octanol–water partition coefficient (Wildman–Crippen LogP) is 2.74. The Morgan fingerprint density at radius 3 is 2.41 bits per heavy atom. The molecule has 0 radical (unpaired) electrons. The fraction of sp³-hybridized carbons (Fsp3) is 0.947. The topological polar surface area (TPSA) is 73.8 Å². The molecule has 162 valence electrons. The van der Waals surface area contributed by atoms with Crippen molar-refractivity contribution in [2.75, 3.05) is 44.7 Å². The molecular weight excluding hydrogens is 475 g/mol. The van der Waals surface area contributed by atoms with E-state index in [9.17, 15) is 8.42 Å². The molecule has 1 heterocycles. The van der Waals surface area contributed by atoms with Gasteiger partial charge in [-0.15, -0.1) is 24.0 Å². The largest absolute Gasteiger partial charge is 0.357 e.